The summed E-state index contributed by atoms with van der Waals surface area (Å²) in [6, 6.07) is 33.7. The summed E-state index contributed by atoms with van der Waals surface area (Å²) >= 11 is 0. The van der Waals surface area contributed by atoms with Gasteiger partial charge in [0.1, 0.15) is 5.75 Å². The maximum absolute atomic E-state index is 5.59. The Kier molecular flexibility index (Phi) is 4.45. The Morgan fingerprint density at radius 1 is 0.724 bits per heavy atom. The lowest BCUT2D eigenvalue weighted by molar-refractivity contribution is 0.340. The number of pyridine rings is 1. The molecule has 1 aromatic heterocycles. The molecule has 0 amide bonds. The van der Waals surface area contributed by atoms with Crippen LogP contribution in [0.25, 0.3) is 44.1 Å². The minimum absolute atomic E-state index is 0.665. The number of aromatic nitrogens is 1. The molecule has 0 saturated carbocycles. The minimum atomic E-state index is 0.665. The normalized spacial score (nSPS) is 11.1. The highest BCUT2D eigenvalue weighted by atomic mass is 16.5. The summed E-state index contributed by atoms with van der Waals surface area (Å²) in [5.41, 5.74) is 5.46. The standard InChI is InChI=1S/C27H21NO/c1-2-29-22-15-12-21(13-16-22)26-18-24(19-8-4-3-5-9-19)27-23-11-7-6-10-20(23)14-17-25(27)28-26/h3-18H,2H2,1H3. The molecule has 0 spiro atoms. The van der Waals surface area contributed by atoms with Crippen LogP contribution in [-0.2, 0) is 0 Å². The molecule has 29 heavy (non-hydrogen) atoms. The summed E-state index contributed by atoms with van der Waals surface area (Å²) in [7, 11) is 0. The van der Waals surface area contributed by atoms with E-state index in [1.807, 2.05) is 19.1 Å². The Balaban J connectivity index is 1.78. The van der Waals surface area contributed by atoms with Gasteiger partial charge in [0.15, 0.2) is 0 Å². The zero-order chi connectivity index (χ0) is 19.6. The van der Waals surface area contributed by atoms with Gasteiger partial charge >= 0.3 is 0 Å². The third-order valence-corrected chi connectivity index (χ3v) is 5.24. The molecule has 0 aliphatic carbocycles. The number of nitrogens with zero attached hydrogens (tertiary/aromatic N) is 1. The number of ether oxygens (including phenoxy) is 1. The molecule has 0 atom stereocenters. The topological polar surface area (TPSA) is 22.1 Å². The predicted octanol–water partition coefficient (Wildman–Crippen LogP) is 7.12. The van der Waals surface area contributed by atoms with Crippen molar-refractivity contribution >= 4 is 21.7 Å². The number of benzene rings is 4. The van der Waals surface area contributed by atoms with Crippen LogP contribution in [0.3, 0.4) is 0 Å². The highest BCUT2D eigenvalue weighted by Gasteiger charge is 2.12. The summed E-state index contributed by atoms with van der Waals surface area (Å²) in [5, 5.41) is 3.66. The van der Waals surface area contributed by atoms with E-state index >= 15 is 0 Å². The van der Waals surface area contributed by atoms with Gasteiger partial charge in [-0.3, -0.25) is 0 Å². The van der Waals surface area contributed by atoms with Gasteiger partial charge in [-0.1, -0.05) is 60.7 Å². The molecular formula is C27H21NO. The Labute approximate surface area is 170 Å². The molecule has 1 heterocycles. The maximum Gasteiger partial charge on any atom is 0.119 e. The van der Waals surface area contributed by atoms with E-state index in [9.17, 15) is 0 Å². The van der Waals surface area contributed by atoms with Crippen molar-refractivity contribution in [1.29, 1.82) is 0 Å². The molecule has 0 aliphatic heterocycles. The lowest BCUT2D eigenvalue weighted by atomic mass is 9.94. The average Bonchev–Trinajstić information content (AvgIpc) is 2.79. The zero-order valence-electron chi connectivity index (χ0n) is 16.3. The van der Waals surface area contributed by atoms with Gasteiger partial charge in [0.2, 0.25) is 0 Å². The minimum Gasteiger partial charge on any atom is -0.494 e. The van der Waals surface area contributed by atoms with E-state index in [1.165, 1.54) is 27.3 Å². The van der Waals surface area contributed by atoms with Gasteiger partial charge in [-0.25, -0.2) is 4.98 Å². The highest BCUT2D eigenvalue weighted by molar-refractivity contribution is 6.13. The van der Waals surface area contributed by atoms with Crippen LogP contribution in [0.5, 0.6) is 5.75 Å². The van der Waals surface area contributed by atoms with Crippen molar-refractivity contribution in [1.82, 2.24) is 4.98 Å². The molecule has 0 bridgehead atoms. The van der Waals surface area contributed by atoms with Gasteiger partial charge in [-0.05, 0) is 65.2 Å². The first-order chi connectivity index (χ1) is 14.3. The molecule has 2 nitrogen and oxygen atoms in total. The zero-order valence-corrected chi connectivity index (χ0v) is 16.3. The second kappa shape index (κ2) is 7.40. The van der Waals surface area contributed by atoms with Crippen LogP contribution in [0.1, 0.15) is 6.92 Å². The van der Waals surface area contributed by atoms with Crippen molar-refractivity contribution in [2.45, 2.75) is 6.92 Å². The summed E-state index contributed by atoms with van der Waals surface area (Å²) < 4.78 is 5.59. The Bertz CT molecular complexity index is 1290. The van der Waals surface area contributed by atoms with E-state index in [-0.39, 0.29) is 0 Å². The number of hydrogen-bond donors (Lipinski definition) is 0. The molecule has 4 aromatic carbocycles. The molecule has 0 aliphatic rings. The van der Waals surface area contributed by atoms with Crippen molar-refractivity contribution in [3.8, 4) is 28.1 Å². The van der Waals surface area contributed by atoms with Crippen molar-refractivity contribution in [3.63, 3.8) is 0 Å². The summed E-state index contributed by atoms with van der Waals surface area (Å²) in [6.07, 6.45) is 0. The van der Waals surface area contributed by atoms with Gasteiger partial charge in [0.25, 0.3) is 0 Å². The predicted molar refractivity (Wildman–Crippen MR) is 121 cm³/mol. The van der Waals surface area contributed by atoms with Gasteiger partial charge in [0.05, 0.1) is 17.8 Å². The second-order valence-corrected chi connectivity index (χ2v) is 7.06. The van der Waals surface area contributed by atoms with E-state index in [0.29, 0.717) is 6.61 Å². The number of rotatable bonds is 4. The Morgan fingerprint density at radius 2 is 1.48 bits per heavy atom. The third-order valence-electron chi connectivity index (χ3n) is 5.24. The fraction of sp³-hybridized carbons (Fsp3) is 0.0741. The van der Waals surface area contributed by atoms with Crippen LogP contribution in [0.2, 0.25) is 0 Å². The van der Waals surface area contributed by atoms with E-state index in [1.54, 1.807) is 0 Å². The molecule has 140 valence electrons. The molecular weight excluding hydrogens is 354 g/mol. The van der Waals surface area contributed by atoms with Crippen molar-refractivity contribution < 1.29 is 4.74 Å². The first kappa shape index (κ1) is 17.4. The third kappa shape index (κ3) is 3.23. The summed E-state index contributed by atoms with van der Waals surface area (Å²) in [4.78, 5) is 5.02. The van der Waals surface area contributed by atoms with Crippen LogP contribution in [0, 0.1) is 0 Å². The van der Waals surface area contributed by atoms with Crippen LogP contribution in [-0.4, -0.2) is 11.6 Å². The maximum atomic E-state index is 5.59. The Morgan fingerprint density at radius 3 is 2.28 bits per heavy atom. The van der Waals surface area contributed by atoms with Gasteiger partial charge < -0.3 is 4.74 Å². The van der Waals surface area contributed by atoms with Crippen LogP contribution in [0.4, 0.5) is 0 Å². The molecule has 0 N–H and O–H groups in total. The van der Waals surface area contributed by atoms with Gasteiger partial charge in [-0.2, -0.15) is 0 Å². The lowest BCUT2D eigenvalue weighted by Crippen LogP contribution is -1.93. The smallest absolute Gasteiger partial charge is 0.119 e. The van der Waals surface area contributed by atoms with Gasteiger partial charge in [-0.15, -0.1) is 0 Å². The Hall–Kier alpha value is -3.65. The number of hydrogen-bond acceptors (Lipinski definition) is 2. The average molecular weight is 375 g/mol. The quantitative estimate of drug-likeness (QED) is 0.312. The van der Waals surface area contributed by atoms with Crippen molar-refractivity contribution in [2.24, 2.45) is 0 Å². The van der Waals surface area contributed by atoms with Crippen molar-refractivity contribution in [3.05, 3.63) is 97.1 Å². The molecule has 0 unspecified atom stereocenters. The fourth-order valence-electron chi connectivity index (χ4n) is 3.89. The molecule has 5 rings (SSSR count). The van der Waals surface area contributed by atoms with E-state index in [0.717, 1.165) is 22.5 Å². The van der Waals surface area contributed by atoms with Crippen LogP contribution >= 0.6 is 0 Å². The molecule has 0 fully saturated rings. The van der Waals surface area contributed by atoms with Crippen LogP contribution < -0.4 is 4.74 Å². The summed E-state index contributed by atoms with van der Waals surface area (Å²) in [6.45, 7) is 2.66. The van der Waals surface area contributed by atoms with E-state index in [2.05, 4.69) is 84.9 Å². The molecule has 2 heteroatoms. The summed E-state index contributed by atoms with van der Waals surface area (Å²) in [5.74, 6) is 0.881. The SMILES string of the molecule is CCOc1ccc(-c2cc(-c3ccccc3)c3c(ccc4ccccc43)n2)cc1. The van der Waals surface area contributed by atoms with E-state index in [4.69, 9.17) is 9.72 Å². The second-order valence-electron chi connectivity index (χ2n) is 7.06. The largest absolute Gasteiger partial charge is 0.494 e. The van der Waals surface area contributed by atoms with Crippen LogP contribution in [0.15, 0.2) is 97.1 Å². The first-order valence-corrected chi connectivity index (χ1v) is 9.94. The number of fused-ring (bicyclic) bond motifs is 3. The lowest BCUT2D eigenvalue weighted by Gasteiger charge is -2.13. The monoisotopic (exact) mass is 375 g/mol. The fourth-order valence-corrected chi connectivity index (χ4v) is 3.89. The highest BCUT2D eigenvalue weighted by Crippen LogP contribution is 2.36. The molecule has 0 saturated heterocycles. The first-order valence-electron chi connectivity index (χ1n) is 9.94. The molecule has 5 aromatic rings. The molecule has 0 radical (unpaired) electrons. The van der Waals surface area contributed by atoms with Gasteiger partial charge in [0, 0.05) is 10.9 Å². The van der Waals surface area contributed by atoms with Crippen molar-refractivity contribution in [2.75, 3.05) is 6.61 Å². The van der Waals surface area contributed by atoms with E-state index < -0.39 is 0 Å².